The molecule has 0 heterocycles. The summed E-state index contributed by atoms with van der Waals surface area (Å²) in [5.41, 5.74) is 0. The van der Waals surface area contributed by atoms with E-state index in [0.717, 1.165) is 6.54 Å². The smallest absolute Gasteiger partial charge is 0.307 e. The van der Waals surface area contributed by atoms with Gasteiger partial charge in [0, 0.05) is 13.1 Å². The van der Waals surface area contributed by atoms with Gasteiger partial charge in [-0.3, -0.25) is 4.79 Å². The average Bonchev–Trinajstić information content (AvgIpc) is 2.22. The van der Waals surface area contributed by atoms with Crippen molar-refractivity contribution in [2.75, 3.05) is 46.6 Å². The maximum absolute atomic E-state index is 11.0. The molecule has 90 valence electrons. The van der Waals surface area contributed by atoms with Gasteiger partial charge in [-0.25, -0.2) is 0 Å². The van der Waals surface area contributed by atoms with Crippen molar-refractivity contribution >= 4 is 5.97 Å². The van der Waals surface area contributed by atoms with Crippen molar-refractivity contribution in [1.29, 1.82) is 0 Å². The number of rotatable bonds is 9. The molecule has 0 unspecified atom stereocenters. The zero-order valence-electron chi connectivity index (χ0n) is 9.57. The molecule has 0 spiro atoms. The quantitative estimate of drug-likeness (QED) is 0.433. The maximum Gasteiger partial charge on any atom is 0.307 e. The van der Waals surface area contributed by atoms with Crippen LogP contribution in [-0.2, 0) is 14.3 Å². The van der Waals surface area contributed by atoms with Crippen molar-refractivity contribution in [3.63, 3.8) is 0 Å². The number of hydrogen-bond donors (Lipinski definition) is 1. The number of nitrogens with zero attached hydrogens (tertiary/aromatic N) is 1. The molecule has 0 amide bonds. The molecule has 0 rings (SSSR count). The van der Waals surface area contributed by atoms with Gasteiger partial charge in [0.2, 0.25) is 0 Å². The summed E-state index contributed by atoms with van der Waals surface area (Å²) in [5.74, 6) is -0.166. The highest BCUT2D eigenvalue weighted by molar-refractivity contribution is 5.69. The zero-order chi connectivity index (χ0) is 11.5. The molecule has 0 aromatic rings. The fraction of sp³-hybridized carbons (Fsp3) is 0.900. The third-order valence-corrected chi connectivity index (χ3v) is 1.86. The predicted molar refractivity (Wildman–Crippen MR) is 56.7 cm³/mol. The van der Waals surface area contributed by atoms with Crippen LogP contribution in [0.3, 0.4) is 0 Å². The second-order valence-corrected chi connectivity index (χ2v) is 3.19. The van der Waals surface area contributed by atoms with Gasteiger partial charge in [0.25, 0.3) is 0 Å². The number of ether oxygens (including phenoxy) is 2. The Morgan fingerprint density at radius 2 is 2.07 bits per heavy atom. The van der Waals surface area contributed by atoms with Crippen molar-refractivity contribution in [3.05, 3.63) is 0 Å². The minimum atomic E-state index is -0.166. The first kappa shape index (κ1) is 14.3. The molecule has 0 saturated carbocycles. The number of aliphatic hydroxyl groups excluding tert-OH is 1. The van der Waals surface area contributed by atoms with Crippen LogP contribution in [0.2, 0.25) is 0 Å². The van der Waals surface area contributed by atoms with E-state index in [2.05, 4.69) is 0 Å². The second-order valence-electron chi connectivity index (χ2n) is 3.19. The van der Waals surface area contributed by atoms with E-state index in [0.29, 0.717) is 32.8 Å². The van der Waals surface area contributed by atoms with E-state index in [-0.39, 0.29) is 12.6 Å². The lowest BCUT2D eigenvalue weighted by atomic mass is 10.4. The Morgan fingerprint density at radius 1 is 1.33 bits per heavy atom. The SMILES string of the molecule is CCOC(=O)CCN(C)CCOCCO. The van der Waals surface area contributed by atoms with E-state index in [4.69, 9.17) is 14.6 Å². The highest BCUT2D eigenvalue weighted by Gasteiger charge is 2.04. The monoisotopic (exact) mass is 219 g/mol. The van der Waals surface area contributed by atoms with E-state index in [1.165, 1.54) is 0 Å². The largest absolute Gasteiger partial charge is 0.466 e. The normalized spacial score (nSPS) is 10.7. The summed E-state index contributed by atoms with van der Waals surface area (Å²) in [6, 6.07) is 0. The van der Waals surface area contributed by atoms with Crippen LogP contribution in [0, 0.1) is 0 Å². The van der Waals surface area contributed by atoms with Gasteiger partial charge in [0.1, 0.15) is 0 Å². The molecular formula is C10H21NO4. The molecule has 0 aliphatic heterocycles. The van der Waals surface area contributed by atoms with Gasteiger partial charge in [-0.15, -0.1) is 0 Å². The van der Waals surface area contributed by atoms with Crippen molar-refractivity contribution in [2.45, 2.75) is 13.3 Å². The summed E-state index contributed by atoms with van der Waals surface area (Å²) < 4.78 is 9.91. The summed E-state index contributed by atoms with van der Waals surface area (Å²) in [7, 11) is 1.92. The van der Waals surface area contributed by atoms with Crippen LogP contribution >= 0.6 is 0 Å². The Bertz CT molecular complexity index is 164. The lowest BCUT2D eigenvalue weighted by Crippen LogP contribution is -2.26. The molecule has 0 aromatic carbocycles. The summed E-state index contributed by atoms with van der Waals surface area (Å²) in [6.07, 6.45) is 0.407. The van der Waals surface area contributed by atoms with Gasteiger partial charge >= 0.3 is 5.97 Å². The first-order valence-electron chi connectivity index (χ1n) is 5.23. The van der Waals surface area contributed by atoms with Gasteiger partial charge in [-0.05, 0) is 14.0 Å². The fourth-order valence-electron chi connectivity index (χ4n) is 1.01. The summed E-state index contributed by atoms with van der Waals surface area (Å²) >= 11 is 0. The lowest BCUT2D eigenvalue weighted by Gasteiger charge is -2.15. The highest BCUT2D eigenvalue weighted by atomic mass is 16.5. The van der Waals surface area contributed by atoms with Crippen molar-refractivity contribution in [3.8, 4) is 0 Å². The first-order chi connectivity index (χ1) is 7.20. The van der Waals surface area contributed by atoms with Crippen molar-refractivity contribution < 1.29 is 19.4 Å². The predicted octanol–water partition coefficient (Wildman–Crippen LogP) is -0.120. The zero-order valence-corrected chi connectivity index (χ0v) is 9.57. The Kier molecular flexibility index (Phi) is 9.46. The van der Waals surface area contributed by atoms with E-state index >= 15 is 0 Å². The van der Waals surface area contributed by atoms with Crippen LogP contribution in [0.1, 0.15) is 13.3 Å². The van der Waals surface area contributed by atoms with Crippen molar-refractivity contribution in [2.24, 2.45) is 0 Å². The van der Waals surface area contributed by atoms with E-state index < -0.39 is 0 Å². The Morgan fingerprint density at radius 3 is 2.67 bits per heavy atom. The molecule has 15 heavy (non-hydrogen) atoms. The van der Waals surface area contributed by atoms with Gasteiger partial charge in [-0.2, -0.15) is 0 Å². The van der Waals surface area contributed by atoms with Crippen LogP contribution in [-0.4, -0.2) is 62.5 Å². The van der Waals surface area contributed by atoms with E-state index in [1.807, 2.05) is 11.9 Å². The molecule has 0 aromatic heterocycles. The van der Waals surface area contributed by atoms with Gasteiger partial charge in [0.15, 0.2) is 0 Å². The summed E-state index contributed by atoms with van der Waals surface area (Å²) in [6.45, 7) is 4.63. The van der Waals surface area contributed by atoms with E-state index in [1.54, 1.807) is 6.92 Å². The van der Waals surface area contributed by atoms with E-state index in [9.17, 15) is 4.79 Å². The topological polar surface area (TPSA) is 59.0 Å². The van der Waals surface area contributed by atoms with Crippen LogP contribution in [0.15, 0.2) is 0 Å². The molecule has 0 atom stereocenters. The minimum absolute atomic E-state index is 0.0482. The number of carbonyl (C=O) groups is 1. The Hall–Kier alpha value is -0.650. The summed E-state index contributed by atoms with van der Waals surface area (Å²) in [4.78, 5) is 13.0. The molecule has 5 nitrogen and oxygen atoms in total. The summed E-state index contributed by atoms with van der Waals surface area (Å²) in [5, 5.41) is 8.47. The van der Waals surface area contributed by atoms with Gasteiger partial charge in [-0.1, -0.05) is 0 Å². The number of aliphatic hydroxyl groups is 1. The van der Waals surface area contributed by atoms with Crippen LogP contribution in [0.5, 0.6) is 0 Å². The second kappa shape index (κ2) is 9.89. The first-order valence-corrected chi connectivity index (χ1v) is 5.23. The third-order valence-electron chi connectivity index (χ3n) is 1.86. The lowest BCUT2D eigenvalue weighted by molar-refractivity contribution is -0.143. The standard InChI is InChI=1S/C10H21NO4/c1-3-15-10(13)4-5-11(2)6-8-14-9-7-12/h12H,3-9H2,1-2H3. The third kappa shape index (κ3) is 9.65. The number of esters is 1. The van der Waals surface area contributed by atoms with Crippen LogP contribution in [0.25, 0.3) is 0 Å². The molecule has 1 N–H and O–H groups in total. The van der Waals surface area contributed by atoms with Crippen molar-refractivity contribution in [1.82, 2.24) is 4.90 Å². The molecule has 0 bridgehead atoms. The molecule has 0 fully saturated rings. The number of likely N-dealkylation sites (N-methyl/N-ethyl adjacent to an activating group) is 1. The average molecular weight is 219 g/mol. The van der Waals surface area contributed by atoms with Crippen LogP contribution in [0.4, 0.5) is 0 Å². The fourth-order valence-corrected chi connectivity index (χ4v) is 1.01. The number of hydrogen-bond acceptors (Lipinski definition) is 5. The molecule has 5 heteroatoms. The van der Waals surface area contributed by atoms with Gasteiger partial charge < -0.3 is 19.5 Å². The molecule has 0 aliphatic carbocycles. The molecule has 0 aliphatic rings. The number of carbonyl (C=O) groups excluding carboxylic acids is 1. The Balaban J connectivity index is 3.32. The highest BCUT2D eigenvalue weighted by Crippen LogP contribution is 1.91. The maximum atomic E-state index is 11.0. The Labute approximate surface area is 91.0 Å². The molecule has 0 radical (unpaired) electrons. The minimum Gasteiger partial charge on any atom is -0.466 e. The van der Waals surface area contributed by atoms with Gasteiger partial charge in [0.05, 0.1) is 32.8 Å². The molecular weight excluding hydrogens is 198 g/mol. The van der Waals surface area contributed by atoms with Crippen LogP contribution < -0.4 is 0 Å². The molecule has 0 saturated heterocycles.